The molecule has 0 radical (unpaired) electrons. The Morgan fingerprint density at radius 2 is 1.85 bits per heavy atom. The van der Waals surface area contributed by atoms with E-state index >= 15 is 0 Å². The summed E-state index contributed by atoms with van der Waals surface area (Å²) < 4.78 is 1.93. The maximum Gasteiger partial charge on any atom is 0.257 e. The van der Waals surface area contributed by atoms with Crippen molar-refractivity contribution < 1.29 is 4.79 Å². The summed E-state index contributed by atoms with van der Waals surface area (Å²) in [6, 6.07) is 0.668. The first-order chi connectivity index (χ1) is 9.20. The molecule has 1 amide bonds. The molecule has 1 aliphatic heterocycles. The standard InChI is InChI=1S/C15H26N4O/c1-10-8-18(9-11(2)17-10)14(20)13-7-16-19(12(13)3)15(4,5)6/h7,10-11,17H,8-9H2,1-6H3. The highest BCUT2D eigenvalue weighted by molar-refractivity contribution is 5.95. The predicted octanol–water partition coefficient (Wildman–Crippen LogP) is 1.77. The second-order valence-electron chi connectivity index (χ2n) is 6.91. The van der Waals surface area contributed by atoms with Gasteiger partial charge in [0.05, 0.1) is 17.3 Å². The van der Waals surface area contributed by atoms with Gasteiger partial charge >= 0.3 is 0 Å². The fourth-order valence-electron chi connectivity index (χ4n) is 2.96. The van der Waals surface area contributed by atoms with E-state index in [0.717, 1.165) is 24.3 Å². The van der Waals surface area contributed by atoms with Crippen molar-refractivity contribution in [3.63, 3.8) is 0 Å². The summed E-state index contributed by atoms with van der Waals surface area (Å²) in [6.07, 6.45) is 1.71. The summed E-state index contributed by atoms with van der Waals surface area (Å²) in [5, 5.41) is 7.84. The van der Waals surface area contributed by atoms with E-state index in [1.165, 1.54) is 0 Å². The molecule has 5 nitrogen and oxygen atoms in total. The van der Waals surface area contributed by atoms with E-state index in [2.05, 4.69) is 45.0 Å². The molecule has 0 spiro atoms. The second kappa shape index (κ2) is 5.20. The SMILES string of the molecule is Cc1c(C(=O)N2CC(C)NC(C)C2)cnn1C(C)(C)C. The van der Waals surface area contributed by atoms with Crippen LogP contribution < -0.4 is 5.32 Å². The molecule has 1 aromatic rings. The van der Waals surface area contributed by atoms with E-state index in [9.17, 15) is 4.79 Å². The molecule has 2 unspecified atom stereocenters. The van der Waals surface area contributed by atoms with Crippen LogP contribution in [0, 0.1) is 6.92 Å². The van der Waals surface area contributed by atoms with Crippen LogP contribution in [0.2, 0.25) is 0 Å². The van der Waals surface area contributed by atoms with Gasteiger partial charge in [0.1, 0.15) is 0 Å². The molecule has 1 aromatic heterocycles. The Bertz CT molecular complexity index is 490. The monoisotopic (exact) mass is 278 g/mol. The van der Waals surface area contributed by atoms with Crippen LogP contribution in [0.25, 0.3) is 0 Å². The number of hydrogen-bond acceptors (Lipinski definition) is 3. The third-order valence-electron chi connectivity index (χ3n) is 3.72. The number of piperazine rings is 1. The largest absolute Gasteiger partial charge is 0.335 e. The Hall–Kier alpha value is -1.36. The van der Waals surface area contributed by atoms with Crippen molar-refractivity contribution in [2.24, 2.45) is 0 Å². The fraction of sp³-hybridized carbons (Fsp3) is 0.733. The van der Waals surface area contributed by atoms with Gasteiger partial charge in [0.25, 0.3) is 5.91 Å². The normalized spacial score (nSPS) is 24.0. The van der Waals surface area contributed by atoms with Crippen molar-refractivity contribution in [3.8, 4) is 0 Å². The molecule has 5 heteroatoms. The number of carbonyl (C=O) groups is 1. The van der Waals surface area contributed by atoms with Crippen LogP contribution in [0.5, 0.6) is 0 Å². The Morgan fingerprint density at radius 3 is 2.30 bits per heavy atom. The molecular formula is C15H26N4O. The van der Waals surface area contributed by atoms with Crippen molar-refractivity contribution in [1.82, 2.24) is 20.0 Å². The number of hydrogen-bond donors (Lipinski definition) is 1. The van der Waals surface area contributed by atoms with Gasteiger partial charge in [0.2, 0.25) is 0 Å². The van der Waals surface area contributed by atoms with Gasteiger partial charge in [0, 0.05) is 30.9 Å². The van der Waals surface area contributed by atoms with Crippen LogP contribution in [0.1, 0.15) is 50.7 Å². The minimum Gasteiger partial charge on any atom is -0.335 e. The first kappa shape index (κ1) is 15.0. The molecule has 1 aliphatic rings. The fourth-order valence-corrected chi connectivity index (χ4v) is 2.96. The topological polar surface area (TPSA) is 50.2 Å². The van der Waals surface area contributed by atoms with Crippen molar-refractivity contribution in [2.75, 3.05) is 13.1 Å². The number of amides is 1. The minimum absolute atomic E-state index is 0.0956. The van der Waals surface area contributed by atoms with E-state index in [4.69, 9.17) is 0 Å². The lowest BCUT2D eigenvalue weighted by molar-refractivity contribution is 0.0672. The Morgan fingerprint density at radius 1 is 1.30 bits per heavy atom. The highest BCUT2D eigenvalue weighted by Crippen LogP contribution is 2.20. The number of nitrogens with zero attached hydrogens (tertiary/aromatic N) is 3. The van der Waals surface area contributed by atoms with Gasteiger partial charge in [-0.3, -0.25) is 9.48 Å². The Labute approximate surface area is 121 Å². The number of nitrogens with one attached hydrogen (secondary N) is 1. The van der Waals surface area contributed by atoms with Crippen molar-refractivity contribution in [2.45, 2.75) is 59.2 Å². The molecule has 0 aromatic carbocycles. The van der Waals surface area contributed by atoms with Gasteiger partial charge in [-0.05, 0) is 41.5 Å². The van der Waals surface area contributed by atoms with Crippen molar-refractivity contribution >= 4 is 5.91 Å². The first-order valence-corrected chi connectivity index (χ1v) is 7.30. The van der Waals surface area contributed by atoms with Crippen molar-refractivity contribution in [3.05, 3.63) is 17.5 Å². The average molecular weight is 278 g/mol. The van der Waals surface area contributed by atoms with E-state index in [1.807, 2.05) is 16.5 Å². The second-order valence-corrected chi connectivity index (χ2v) is 6.91. The molecule has 2 rings (SSSR count). The summed E-state index contributed by atoms with van der Waals surface area (Å²) in [5.74, 6) is 0.0956. The molecule has 1 saturated heterocycles. The van der Waals surface area contributed by atoms with Gasteiger partial charge in [-0.2, -0.15) is 5.10 Å². The smallest absolute Gasteiger partial charge is 0.257 e. The first-order valence-electron chi connectivity index (χ1n) is 7.30. The quantitative estimate of drug-likeness (QED) is 0.852. The molecular weight excluding hydrogens is 252 g/mol. The summed E-state index contributed by atoms with van der Waals surface area (Å²) in [6.45, 7) is 14.0. The van der Waals surface area contributed by atoms with Crippen molar-refractivity contribution in [1.29, 1.82) is 0 Å². The van der Waals surface area contributed by atoms with E-state index in [0.29, 0.717) is 12.1 Å². The highest BCUT2D eigenvalue weighted by Gasteiger charge is 2.29. The summed E-state index contributed by atoms with van der Waals surface area (Å²) in [5.41, 5.74) is 1.56. The zero-order chi connectivity index (χ0) is 15.1. The number of rotatable bonds is 1. The lowest BCUT2D eigenvalue weighted by atomic mass is 10.1. The zero-order valence-corrected chi connectivity index (χ0v) is 13.4. The molecule has 0 aliphatic carbocycles. The summed E-state index contributed by atoms with van der Waals surface area (Å²) >= 11 is 0. The maximum atomic E-state index is 12.7. The van der Waals surface area contributed by atoms with E-state index < -0.39 is 0 Å². The molecule has 112 valence electrons. The summed E-state index contributed by atoms with van der Waals surface area (Å²) in [4.78, 5) is 14.6. The number of carbonyl (C=O) groups excluding carboxylic acids is 1. The number of aromatic nitrogens is 2. The van der Waals surface area contributed by atoms with Gasteiger partial charge < -0.3 is 10.2 Å². The predicted molar refractivity (Wildman–Crippen MR) is 79.9 cm³/mol. The molecule has 2 heterocycles. The summed E-state index contributed by atoms with van der Waals surface area (Å²) in [7, 11) is 0. The maximum absolute atomic E-state index is 12.7. The van der Waals surface area contributed by atoms with Crippen LogP contribution in [0.3, 0.4) is 0 Å². The van der Waals surface area contributed by atoms with Crippen LogP contribution in [0.4, 0.5) is 0 Å². The molecule has 0 saturated carbocycles. The van der Waals surface area contributed by atoms with Gasteiger partial charge in [-0.15, -0.1) is 0 Å². The minimum atomic E-state index is -0.105. The van der Waals surface area contributed by atoms with Crippen LogP contribution in [-0.2, 0) is 5.54 Å². The van der Waals surface area contributed by atoms with Crippen LogP contribution in [0.15, 0.2) is 6.20 Å². The van der Waals surface area contributed by atoms with Gasteiger partial charge in [0.15, 0.2) is 0 Å². The molecule has 2 atom stereocenters. The third kappa shape index (κ3) is 2.87. The van der Waals surface area contributed by atoms with Crippen LogP contribution >= 0.6 is 0 Å². The Balaban J connectivity index is 2.24. The zero-order valence-electron chi connectivity index (χ0n) is 13.4. The third-order valence-corrected chi connectivity index (χ3v) is 3.72. The van der Waals surface area contributed by atoms with Gasteiger partial charge in [-0.25, -0.2) is 0 Å². The van der Waals surface area contributed by atoms with Gasteiger partial charge in [-0.1, -0.05) is 0 Å². The Kier molecular flexibility index (Phi) is 3.91. The van der Waals surface area contributed by atoms with E-state index in [-0.39, 0.29) is 11.4 Å². The van der Waals surface area contributed by atoms with Crippen LogP contribution in [-0.4, -0.2) is 45.8 Å². The van der Waals surface area contributed by atoms with E-state index in [1.54, 1.807) is 6.20 Å². The molecule has 1 fully saturated rings. The lowest BCUT2D eigenvalue weighted by Crippen LogP contribution is -2.55. The average Bonchev–Trinajstić information content (AvgIpc) is 2.68. The molecule has 0 bridgehead atoms. The highest BCUT2D eigenvalue weighted by atomic mass is 16.2. The molecule has 20 heavy (non-hydrogen) atoms. The molecule has 1 N–H and O–H groups in total. The lowest BCUT2D eigenvalue weighted by Gasteiger charge is -2.36.